The number of halogens is 1. The third kappa shape index (κ3) is 7.81. The van der Waals surface area contributed by atoms with Crippen LogP contribution in [0.25, 0.3) is 11.1 Å². The summed E-state index contributed by atoms with van der Waals surface area (Å²) in [7, 11) is 0. The summed E-state index contributed by atoms with van der Waals surface area (Å²) < 4.78 is 23.9. The molecule has 0 atom stereocenters. The van der Waals surface area contributed by atoms with Crippen LogP contribution in [-0.2, 0) is 24.6 Å². The van der Waals surface area contributed by atoms with Crippen LogP contribution < -0.4 is 24.3 Å². The third-order valence-corrected chi connectivity index (χ3v) is 7.60. The molecule has 4 aromatic rings. The first-order valence-corrected chi connectivity index (χ1v) is 14.8. The minimum Gasteiger partial charge on any atom is -0.488 e. The van der Waals surface area contributed by atoms with Gasteiger partial charge in [0.15, 0.2) is 11.5 Å². The van der Waals surface area contributed by atoms with Crippen molar-refractivity contribution in [3.8, 4) is 40.2 Å². The van der Waals surface area contributed by atoms with Gasteiger partial charge in [-0.2, -0.15) is 5.26 Å². The van der Waals surface area contributed by atoms with Gasteiger partial charge in [0, 0.05) is 24.6 Å². The number of carboxylic acids is 1. The van der Waals surface area contributed by atoms with Crippen molar-refractivity contribution in [2.45, 2.75) is 39.5 Å². The molecule has 0 spiro atoms. The Hall–Kier alpha value is -4.71. The van der Waals surface area contributed by atoms with Gasteiger partial charge in [-0.3, -0.25) is 4.79 Å². The van der Waals surface area contributed by atoms with Crippen LogP contribution in [0.1, 0.15) is 40.7 Å². The lowest BCUT2D eigenvalue weighted by molar-refractivity contribution is -0.137. The Morgan fingerprint density at radius 3 is 2.57 bits per heavy atom. The highest BCUT2D eigenvalue weighted by molar-refractivity contribution is 6.32. The number of nitrogens with zero attached hydrogens (tertiary/aromatic N) is 1. The van der Waals surface area contributed by atoms with Gasteiger partial charge in [0.2, 0.25) is 0 Å². The summed E-state index contributed by atoms with van der Waals surface area (Å²) in [5.74, 6) is 1.73. The number of nitrogens with one attached hydrogen (secondary N) is 1. The molecule has 8 nitrogen and oxygen atoms in total. The number of fused-ring (bicyclic) bond motifs is 1. The Balaban J connectivity index is 1.33. The molecule has 0 amide bonds. The van der Waals surface area contributed by atoms with Gasteiger partial charge in [-0.1, -0.05) is 48.0 Å². The van der Waals surface area contributed by atoms with E-state index in [0.717, 1.165) is 44.9 Å². The first-order valence-electron chi connectivity index (χ1n) is 14.4. The van der Waals surface area contributed by atoms with Crippen molar-refractivity contribution in [2.24, 2.45) is 0 Å². The summed E-state index contributed by atoms with van der Waals surface area (Å²) in [5.41, 5.74) is 6.41. The van der Waals surface area contributed by atoms with Gasteiger partial charge in [0.25, 0.3) is 0 Å². The first-order chi connectivity index (χ1) is 21.4. The highest BCUT2D eigenvalue weighted by Gasteiger charge is 2.16. The van der Waals surface area contributed by atoms with E-state index in [1.54, 1.807) is 24.3 Å². The van der Waals surface area contributed by atoms with E-state index in [9.17, 15) is 10.1 Å². The van der Waals surface area contributed by atoms with Crippen molar-refractivity contribution >= 4 is 17.6 Å². The highest BCUT2D eigenvalue weighted by atomic mass is 35.5. The van der Waals surface area contributed by atoms with Crippen molar-refractivity contribution in [3.05, 3.63) is 106 Å². The van der Waals surface area contributed by atoms with Gasteiger partial charge in [0.1, 0.15) is 37.9 Å². The van der Waals surface area contributed by atoms with E-state index in [0.29, 0.717) is 61.4 Å². The fraction of sp³-hybridized carbons (Fsp3) is 0.257. The van der Waals surface area contributed by atoms with Crippen LogP contribution in [0.2, 0.25) is 5.02 Å². The fourth-order valence-electron chi connectivity index (χ4n) is 4.96. The largest absolute Gasteiger partial charge is 0.488 e. The van der Waals surface area contributed by atoms with Crippen molar-refractivity contribution in [3.63, 3.8) is 0 Å². The van der Waals surface area contributed by atoms with Crippen LogP contribution in [-0.4, -0.2) is 30.8 Å². The maximum atomic E-state index is 10.9. The Labute approximate surface area is 261 Å². The summed E-state index contributed by atoms with van der Waals surface area (Å²) in [6, 6.07) is 25.1. The van der Waals surface area contributed by atoms with Crippen molar-refractivity contribution in [1.82, 2.24) is 5.32 Å². The maximum Gasteiger partial charge on any atom is 0.303 e. The lowest BCUT2D eigenvalue weighted by atomic mass is 9.96. The average Bonchev–Trinajstić information content (AvgIpc) is 3.04. The Kier molecular flexibility index (Phi) is 10.2. The smallest absolute Gasteiger partial charge is 0.303 e. The van der Waals surface area contributed by atoms with Gasteiger partial charge >= 0.3 is 5.97 Å². The van der Waals surface area contributed by atoms with E-state index in [1.807, 2.05) is 42.5 Å². The van der Waals surface area contributed by atoms with Crippen molar-refractivity contribution < 1.29 is 28.8 Å². The molecule has 2 N–H and O–H groups in total. The van der Waals surface area contributed by atoms with Gasteiger partial charge in [-0.05, 0) is 78.0 Å². The normalized spacial score (nSPS) is 11.9. The summed E-state index contributed by atoms with van der Waals surface area (Å²) in [4.78, 5) is 10.9. The zero-order valence-electron chi connectivity index (χ0n) is 24.4. The number of nitriles is 1. The number of aliphatic carboxylic acids is 1. The second kappa shape index (κ2) is 14.6. The summed E-state index contributed by atoms with van der Waals surface area (Å²) >= 11 is 6.69. The molecule has 0 saturated carbocycles. The molecule has 0 saturated heterocycles. The number of benzene rings is 4. The minimum atomic E-state index is -0.827. The molecule has 1 aliphatic heterocycles. The molecule has 0 aliphatic carbocycles. The number of rotatable bonds is 13. The lowest BCUT2D eigenvalue weighted by Crippen LogP contribution is -2.16. The second-order valence-electron chi connectivity index (χ2n) is 10.4. The van der Waals surface area contributed by atoms with Gasteiger partial charge in [-0.25, -0.2) is 0 Å². The SMILES string of the molecule is Cc1c(COc2cc(OCc3cccc(C#N)c3)c(CNCCCC(=O)O)cc2Cl)cccc1-c1ccc2c(c1)OCCO2. The molecule has 0 radical (unpaired) electrons. The Morgan fingerprint density at radius 1 is 0.955 bits per heavy atom. The van der Waals surface area contributed by atoms with Crippen LogP contribution in [0.15, 0.2) is 72.8 Å². The number of carboxylic acid groups (broad SMARTS) is 1. The fourth-order valence-corrected chi connectivity index (χ4v) is 5.20. The van der Waals surface area contributed by atoms with E-state index < -0.39 is 5.97 Å². The molecule has 5 rings (SSSR count). The predicted octanol–water partition coefficient (Wildman–Crippen LogP) is 7.07. The lowest BCUT2D eigenvalue weighted by Gasteiger charge is -2.20. The van der Waals surface area contributed by atoms with Gasteiger partial charge < -0.3 is 29.4 Å². The zero-order chi connectivity index (χ0) is 30.9. The number of ether oxygens (including phenoxy) is 4. The molecule has 0 fully saturated rings. The number of carbonyl (C=O) groups is 1. The van der Waals surface area contributed by atoms with E-state index in [4.69, 9.17) is 35.7 Å². The molecular weight excluding hydrogens is 580 g/mol. The van der Waals surface area contributed by atoms with E-state index in [2.05, 4.69) is 24.4 Å². The summed E-state index contributed by atoms with van der Waals surface area (Å²) in [6.07, 6.45) is 0.598. The third-order valence-electron chi connectivity index (χ3n) is 7.31. The Bertz CT molecular complexity index is 1680. The monoisotopic (exact) mass is 612 g/mol. The molecule has 0 aromatic heterocycles. The number of hydrogen-bond acceptors (Lipinski definition) is 7. The van der Waals surface area contributed by atoms with Crippen LogP contribution in [0.5, 0.6) is 23.0 Å². The minimum absolute atomic E-state index is 0.0917. The molecule has 44 heavy (non-hydrogen) atoms. The van der Waals surface area contributed by atoms with Crippen LogP contribution in [0, 0.1) is 18.3 Å². The standard InChI is InChI=1S/C35H33ClN2O6/c1-23-27(7-3-8-29(23)26-10-11-31-34(17-26)42-14-13-41-31)22-44-33-18-32(43-21-25-6-2-5-24(15-25)19-37)28(16-30(33)36)20-38-12-4-9-35(39)40/h2-3,5-8,10-11,15-18,38H,4,9,12-14,20-22H2,1H3,(H,39,40). The van der Waals surface area contributed by atoms with Gasteiger partial charge in [-0.15, -0.1) is 0 Å². The quantitative estimate of drug-likeness (QED) is 0.154. The van der Waals surface area contributed by atoms with Crippen LogP contribution in [0.4, 0.5) is 0 Å². The molecule has 0 unspecified atom stereocenters. The Morgan fingerprint density at radius 2 is 1.75 bits per heavy atom. The van der Waals surface area contributed by atoms with E-state index in [1.165, 1.54) is 0 Å². The molecule has 226 valence electrons. The topological polar surface area (TPSA) is 110 Å². The van der Waals surface area contributed by atoms with E-state index >= 15 is 0 Å². The van der Waals surface area contributed by atoms with E-state index in [-0.39, 0.29) is 13.0 Å². The average molecular weight is 613 g/mol. The summed E-state index contributed by atoms with van der Waals surface area (Å²) in [6.45, 7) is 4.65. The molecule has 9 heteroatoms. The molecule has 1 heterocycles. The predicted molar refractivity (Wildman–Crippen MR) is 167 cm³/mol. The first kappa shape index (κ1) is 30.7. The maximum absolute atomic E-state index is 10.9. The van der Waals surface area contributed by atoms with Crippen LogP contribution >= 0.6 is 11.6 Å². The molecular formula is C35H33ClN2O6. The highest BCUT2D eigenvalue weighted by Crippen LogP contribution is 2.37. The van der Waals surface area contributed by atoms with Gasteiger partial charge in [0.05, 0.1) is 16.7 Å². The second-order valence-corrected chi connectivity index (χ2v) is 10.8. The zero-order valence-corrected chi connectivity index (χ0v) is 25.2. The molecule has 0 bridgehead atoms. The molecule has 4 aromatic carbocycles. The molecule has 1 aliphatic rings. The van der Waals surface area contributed by atoms with Crippen LogP contribution in [0.3, 0.4) is 0 Å². The van der Waals surface area contributed by atoms with Crippen molar-refractivity contribution in [1.29, 1.82) is 5.26 Å². The summed E-state index contributed by atoms with van der Waals surface area (Å²) in [5, 5.41) is 21.9. The van der Waals surface area contributed by atoms with Crippen molar-refractivity contribution in [2.75, 3.05) is 19.8 Å². The number of hydrogen-bond donors (Lipinski definition) is 2.